The first-order chi connectivity index (χ1) is 10.6. The minimum absolute atomic E-state index is 0.104. The van der Waals surface area contributed by atoms with E-state index in [0.717, 1.165) is 5.56 Å². The van der Waals surface area contributed by atoms with E-state index in [2.05, 4.69) is 10.3 Å². The van der Waals surface area contributed by atoms with Crippen molar-refractivity contribution in [2.24, 2.45) is 0 Å². The number of nitrogens with one attached hydrogen (secondary N) is 1. The molecule has 1 aromatic carbocycles. The van der Waals surface area contributed by atoms with Crippen molar-refractivity contribution in [3.8, 4) is 0 Å². The van der Waals surface area contributed by atoms with Crippen LogP contribution in [-0.2, 0) is 11.2 Å². The maximum Gasteiger partial charge on any atom is 0.273 e. The van der Waals surface area contributed by atoms with E-state index in [-0.39, 0.29) is 37.1 Å². The van der Waals surface area contributed by atoms with Gasteiger partial charge in [0.25, 0.3) is 5.91 Å². The van der Waals surface area contributed by atoms with Crippen LogP contribution in [0.25, 0.3) is 0 Å². The lowest BCUT2D eigenvalue weighted by molar-refractivity contribution is -0.115. The minimum Gasteiger partial charge on any atom is -0.395 e. The second-order valence-corrected chi connectivity index (χ2v) is 5.56. The second-order valence-electron chi connectivity index (χ2n) is 4.70. The number of hydrogen-bond donors (Lipinski definition) is 2. The molecule has 2 rings (SSSR count). The smallest absolute Gasteiger partial charge is 0.273 e. The van der Waals surface area contributed by atoms with Gasteiger partial charge in [-0.15, -0.1) is 11.3 Å². The molecule has 0 unspecified atom stereocenters. The Balaban J connectivity index is 1.94. The van der Waals surface area contributed by atoms with Gasteiger partial charge in [0.15, 0.2) is 5.13 Å². The van der Waals surface area contributed by atoms with E-state index >= 15 is 0 Å². The molecule has 0 spiro atoms. The maximum absolute atomic E-state index is 12.0. The highest BCUT2D eigenvalue weighted by Crippen LogP contribution is 2.17. The highest BCUT2D eigenvalue weighted by molar-refractivity contribution is 7.14. The van der Waals surface area contributed by atoms with Gasteiger partial charge < -0.3 is 15.3 Å². The molecular weight excluding hydrogens is 302 g/mol. The lowest BCUT2D eigenvalue weighted by Gasteiger charge is -2.13. The highest BCUT2D eigenvalue weighted by Gasteiger charge is 2.16. The lowest BCUT2D eigenvalue weighted by atomic mass is 10.1. The van der Waals surface area contributed by atoms with Gasteiger partial charge in [0.1, 0.15) is 5.69 Å². The second kappa shape index (κ2) is 7.67. The number of hydrogen-bond acceptors (Lipinski definition) is 5. The molecule has 0 fully saturated rings. The van der Waals surface area contributed by atoms with Crippen LogP contribution >= 0.6 is 11.3 Å². The molecule has 0 atom stereocenters. The number of anilines is 1. The highest BCUT2D eigenvalue weighted by atomic mass is 32.1. The van der Waals surface area contributed by atoms with E-state index in [4.69, 9.17) is 5.11 Å². The monoisotopic (exact) mass is 319 g/mol. The summed E-state index contributed by atoms with van der Waals surface area (Å²) in [6.45, 7) is 0.138. The Hall–Kier alpha value is -2.25. The molecule has 1 heterocycles. The molecule has 116 valence electrons. The van der Waals surface area contributed by atoms with Crippen LogP contribution < -0.4 is 5.32 Å². The number of aliphatic hydroxyl groups is 1. The Morgan fingerprint density at radius 2 is 2.05 bits per heavy atom. The third-order valence-electron chi connectivity index (χ3n) is 2.96. The molecule has 0 bridgehead atoms. The van der Waals surface area contributed by atoms with Crippen molar-refractivity contribution in [3.63, 3.8) is 0 Å². The van der Waals surface area contributed by atoms with Crippen LogP contribution in [0.3, 0.4) is 0 Å². The van der Waals surface area contributed by atoms with Gasteiger partial charge in [0.2, 0.25) is 5.91 Å². The summed E-state index contributed by atoms with van der Waals surface area (Å²) in [6, 6.07) is 9.39. The zero-order chi connectivity index (χ0) is 15.9. The number of amides is 2. The summed E-state index contributed by atoms with van der Waals surface area (Å²) in [5.41, 5.74) is 1.17. The average Bonchev–Trinajstić information content (AvgIpc) is 2.96. The molecule has 0 radical (unpaired) electrons. The molecule has 0 aliphatic rings. The minimum atomic E-state index is -0.283. The SMILES string of the molecule is CN(CCO)C(=O)c1csc(NC(=O)Cc2ccccc2)n1. The van der Waals surface area contributed by atoms with Gasteiger partial charge in [-0.1, -0.05) is 30.3 Å². The maximum atomic E-state index is 12.0. The van der Waals surface area contributed by atoms with E-state index in [1.807, 2.05) is 30.3 Å². The Morgan fingerprint density at radius 3 is 2.73 bits per heavy atom. The Morgan fingerprint density at radius 1 is 1.32 bits per heavy atom. The van der Waals surface area contributed by atoms with Gasteiger partial charge in [-0.25, -0.2) is 4.98 Å². The van der Waals surface area contributed by atoms with Crippen molar-refractivity contribution < 1.29 is 14.7 Å². The fourth-order valence-electron chi connectivity index (χ4n) is 1.82. The van der Waals surface area contributed by atoms with Crippen LogP contribution in [0.1, 0.15) is 16.1 Å². The number of thiazole rings is 1. The molecule has 2 aromatic rings. The molecule has 22 heavy (non-hydrogen) atoms. The van der Waals surface area contributed by atoms with Gasteiger partial charge in [0, 0.05) is 19.0 Å². The predicted octanol–water partition coefficient (Wildman–Crippen LogP) is 1.39. The van der Waals surface area contributed by atoms with Gasteiger partial charge in [-0.3, -0.25) is 9.59 Å². The topological polar surface area (TPSA) is 82.5 Å². The molecular formula is C15H17N3O3S. The number of aliphatic hydroxyl groups excluding tert-OH is 1. The van der Waals surface area contributed by atoms with Crippen LogP contribution in [0, 0.1) is 0 Å². The first-order valence-corrected chi connectivity index (χ1v) is 7.63. The molecule has 7 heteroatoms. The van der Waals surface area contributed by atoms with E-state index < -0.39 is 0 Å². The summed E-state index contributed by atoms with van der Waals surface area (Å²) in [4.78, 5) is 29.4. The number of rotatable bonds is 6. The van der Waals surface area contributed by atoms with Crippen LogP contribution in [-0.4, -0.2) is 47.0 Å². The number of aromatic nitrogens is 1. The molecule has 0 aliphatic carbocycles. The summed E-state index contributed by atoms with van der Waals surface area (Å²) >= 11 is 1.20. The standard InChI is InChI=1S/C15H17N3O3S/c1-18(7-8-19)14(21)12-10-22-15(16-12)17-13(20)9-11-5-3-2-4-6-11/h2-6,10,19H,7-9H2,1H3,(H,16,17,20). The van der Waals surface area contributed by atoms with Gasteiger partial charge in [0.05, 0.1) is 13.0 Å². The van der Waals surface area contributed by atoms with Crippen LogP contribution in [0.2, 0.25) is 0 Å². The Kier molecular flexibility index (Phi) is 5.62. The number of carbonyl (C=O) groups is 2. The summed E-state index contributed by atoms with van der Waals surface area (Å²) in [5, 5.41) is 13.5. The van der Waals surface area contributed by atoms with E-state index in [1.54, 1.807) is 12.4 Å². The normalized spacial score (nSPS) is 10.3. The van der Waals surface area contributed by atoms with Crippen molar-refractivity contribution in [1.82, 2.24) is 9.88 Å². The Labute approximate surface area is 132 Å². The van der Waals surface area contributed by atoms with Crippen molar-refractivity contribution in [1.29, 1.82) is 0 Å². The van der Waals surface area contributed by atoms with Gasteiger partial charge >= 0.3 is 0 Å². The van der Waals surface area contributed by atoms with Crippen LogP contribution in [0.4, 0.5) is 5.13 Å². The zero-order valence-electron chi connectivity index (χ0n) is 12.2. The summed E-state index contributed by atoms with van der Waals surface area (Å²) in [5.74, 6) is -0.461. The Bertz CT molecular complexity index is 642. The van der Waals surface area contributed by atoms with Gasteiger partial charge in [-0.2, -0.15) is 0 Å². The van der Waals surface area contributed by atoms with Gasteiger partial charge in [-0.05, 0) is 5.56 Å². The van der Waals surface area contributed by atoms with Crippen LogP contribution in [0.15, 0.2) is 35.7 Å². The molecule has 2 amide bonds. The van der Waals surface area contributed by atoms with E-state index in [0.29, 0.717) is 5.13 Å². The fourth-order valence-corrected chi connectivity index (χ4v) is 2.52. The van der Waals surface area contributed by atoms with Crippen molar-refractivity contribution in [2.45, 2.75) is 6.42 Å². The summed E-state index contributed by atoms with van der Waals surface area (Å²) in [7, 11) is 1.59. The molecule has 6 nitrogen and oxygen atoms in total. The van der Waals surface area contributed by atoms with Crippen molar-refractivity contribution >= 4 is 28.3 Å². The molecule has 0 saturated heterocycles. The number of carbonyl (C=O) groups excluding carboxylic acids is 2. The average molecular weight is 319 g/mol. The first kappa shape index (κ1) is 16.1. The lowest BCUT2D eigenvalue weighted by Crippen LogP contribution is -2.29. The summed E-state index contributed by atoms with van der Waals surface area (Å²) < 4.78 is 0. The number of likely N-dealkylation sites (N-methyl/N-ethyl adjacent to an activating group) is 1. The third-order valence-corrected chi connectivity index (χ3v) is 3.72. The first-order valence-electron chi connectivity index (χ1n) is 6.76. The number of benzene rings is 1. The quantitative estimate of drug-likeness (QED) is 0.843. The molecule has 0 aliphatic heterocycles. The van der Waals surface area contributed by atoms with Crippen molar-refractivity contribution in [2.75, 3.05) is 25.5 Å². The molecule has 0 saturated carbocycles. The molecule has 1 aromatic heterocycles. The van der Waals surface area contributed by atoms with E-state index in [1.165, 1.54) is 16.2 Å². The third kappa shape index (κ3) is 4.37. The number of nitrogens with zero attached hydrogens (tertiary/aromatic N) is 2. The fraction of sp³-hybridized carbons (Fsp3) is 0.267. The van der Waals surface area contributed by atoms with Crippen LogP contribution in [0.5, 0.6) is 0 Å². The molecule has 2 N–H and O–H groups in total. The van der Waals surface area contributed by atoms with Crippen molar-refractivity contribution in [3.05, 3.63) is 47.0 Å². The summed E-state index contributed by atoms with van der Waals surface area (Å²) in [6.07, 6.45) is 0.258. The predicted molar refractivity (Wildman–Crippen MR) is 84.9 cm³/mol. The largest absolute Gasteiger partial charge is 0.395 e. The van der Waals surface area contributed by atoms with E-state index in [9.17, 15) is 9.59 Å². The zero-order valence-corrected chi connectivity index (χ0v) is 13.0.